The molecule has 1 saturated carbocycles. The van der Waals surface area contributed by atoms with Gasteiger partial charge in [-0.1, -0.05) is 50.1 Å². The van der Waals surface area contributed by atoms with Crippen LogP contribution in [0.4, 0.5) is 18.9 Å². The SMILES string of the molecule is C=C/C(=C(\C=C/C)OCC1CCCCC1)C1C=NN(c2cc(-c3ccnc(C(F)(F)F)c3)ccc2C)C1. The molecule has 196 valence electrons. The molecule has 0 saturated heterocycles. The number of halogens is 3. The van der Waals surface area contributed by atoms with Crippen LogP contribution in [-0.2, 0) is 10.9 Å². The normalized spacial score (nSPS) is 19.4. The van der Waals surface area contributed by atoms with E-state index in [2.05, 4.69) is 16.7 Å². The van der Waals surface area contributed by atoms with Gasteiger partial charge in [-0.25, -0.2) is 0 Å². The molecule has 1 unspecified atom stereocenters. The van der Waals surface area contributed by atoms with E-state index in [4.69, 9.17) is 4.74 Å². The Morgan fingerprint density at radius 3 is 2.59 bits per heavy atom. The number of benzene rings is 1. The maximum Gasteiger partial charge on any atom is 0.433 e. The highest BCUT2D eigenvalue weighted by Gasteiger charge is 2.32. The van der Waals surface area contributed by atoms with Gasteiger partial charge in [-0.05, 0) is 73.6 Å². The van der Waals surface area contributed by atoms with Gasteiger partial charge in [0.1, 0.15) is 11.5 Å². The summed E-state index contributed by atoms with van der Waals surface area (Å²) < 4.78 is 45.9. The molecular weight excluding hydrogens is 475 g/mol. The van der Waals surface area contributed by atoms with Gasteiger partial charge in [-0.2, -0.15) is 18.3 Å². The summed E-state index contributed by atoms with van der Waals surface area (Å²) in [6.07, 6.45) is 10.7. The van der Waals surface area contributed by atoms with Crippen LogP contribution in [0.2, 0.25) is 0 Å². The lowest BCUT2D eigenvalue weighted by atomic mass is 9.90. The van der Waals surface area contributed by atoms with Gasteiger partial charge in [0, 0.05) is 23.9 Å². The molecule has 2 aromatic rings. The Labute approximate surface area is 217 Å². The molecule has 2 aliphatic rings. The zero-order chi connectivity index (χ0) is 26.4. The third kappa shape index (κ3) is 6.51. The summed E-state index contributed by atoms with van der Waals surface area (Å²) in [4.78, 5) is 3.48. The molecule has 1 atom stereocenters. The maximum atomic E-state index is 13.2. The number of anilines is 1. The van der Waals surface area contributed by atoms with Crippen LogP contribution in [-0.4, -0.2) is 24.4 Å². The van der Waals surface area contributed by atoms with Crippen LogP contribution in [0.25, 0.3) is 11.1 Å². The molecule has 0 radical (unpaired) electrons. The average molecular weight is 510 g/mol. The van der Waals surface area contributed by atoms with E-state index in [-0.39, 0.29) is 5.92 Å². The van der Waals surface area contributed by atoms with Gasteiger partial charge in [0.2, 0.25) is 0 Å². The molecule has 1 aromatic carbocycles. The summed E-state index contributed by atoms with van der Waals surface area (Å²) in [6.45, 7) is 9.28. The van der Waals surface area contributed by atoms with Crippen molar-refractivity contribution in [1.82, 2.24) is 4.98 Å². The van der Waals surface area contributed by atoms with Gasteiger partial charge in [0.25, 0.3) is 0 Å². The molecule has 0 bridgehead atoms. The van der Waals surface area contributed by atoms with Gasteiger partial charge in [-0.3, -0.25) is 9.99 Å². The van der Waals surface area contributed by atoms with Crippen molar-refractivity contribution in [2.24, 2.45) is 16.9 Å². The first kappa shape index (κ1) is 26.7. The lowest BCUT2D eigenvalue weighted by Crippen LogP contribution is -2.21. The monoisotopic (exact) mass is 509 g/mol. The predicted octanol–water partition coefficient (Wildman–Crippen LogP) is 8.11. The third-order valence-corrected chi connectivity index (χ3v) is 7.05. The smallest absolute Gasteiger partial charge is 0.433 e. The Bertz CT molecular complexity index is 1190. The predicted molar refractivity (Wildman–Crippen MR) is 143 cm³/mol. The van der Waals surface area contributed by atoms with E-state index in [1.54, 1.807) is 6.07 Å². The van der Waals surface area contributed by atoms with Gasteiger partial charge in [0.15, 0.2) is 0 Å². The molecule has 37 heavy (non-hydrogen) atoms. The molecule has 1 aliphatic carbocycles. The number of hydrazone groups is 1. The lowest BCUT2D eigenvalue weighted by Gasteiger charge is -2.24. The summed E-state index contributed by atoms with van der Waals surface area (Å²) in [5, 5.41) is 6.55. The minimum absolute atomic E-state index is 0.0177. The number of hydrogen-bond acceptors (Lipinski definition) is 4. The molecule has 0 N–H and O–H groups in total. The molecule has 1 fully saturated rings. The van der Waals surface area contributed by atoms with Crippen molar-refractivity contribution < 1.29 is 17.9 Å². The fourth-order valence-corrected chi connectivity index (χ4v) is 4.99. The molecule has 1 aliphatic heterocycles. The van der Waals surface area contributed by atoms with Crippen molar-refractivity contribution >= 4 is 11.9 Å². The number of ether oxygens (including phenoxy) is 1. The number of allylic oxidation sites excluding steroid dienone is 3. The van der Waals surface area contributed by atoms with Gasteiger partial charge in [0.05, 0.1) is 18.8 Å². The summed E-state index contributed by atoms with van der Waals surface area (Å²) in [5.74, 6) is 1.39. The fraction of sp³-hybridized carbons (Fsp3) is 0.400. The second-order valence-corrected chi connectivity index (χ2v) is 9.72. The molecule has 0 amide bonds. The maximum absolute atomic E-state index is 13.2. The first-order valence-corrected chi connectivity index (χ1v) is 12.9. The Hall–Kier alpha value is -3.35. The zero-order valence-electron chi connectivity index (χ0n) is 21.5. The van der Waals surface area contributed by atoms with E-state index in [1.807, 2.05) is 61.5 Å². The van der Waals surface area contributed by atoms with Crippen LogP contribution in [0.15, 0.2) is 77.8 Å². The lowest BCUT2D eigenvalue weighted by molar-refractivity contribution is -0.141. The van der Waals surface area contributed by atoms with E-state index >= 15 is 0 Å². The van der Waals surface area contributed by atoms with Crippen molar-refractivity contribution in [2.75, 3.05) is 18.2 Å². The number of alkyl halides is 3. The molecule has 7 heteroatoms. The zero-order valence-corrected chi connectivity index (χ0v) is 21.5. The second-order valence-electron chi connectivity index (χ2n) is 9.72. The van der Waals surface area contributed by atoms with Crippen molar-refractivity contribution in [3.05, 3.63) is 83.9 Å². The van der Waals surface area contributed by atoms with E-state index in [1.165, 1.54) is 38.3 Å². The van der Waals surface area contributed by atoms with Crippen molar-refractivity contribution in [2.45, 2.75) is 52.1 Å². The van der Waals surface area contributed by atoms with Gasteiger partial charge < -0.3 is 4.74 Å². The van der Waals surface area contributed by atoms with Crippen LogP contribution in [0.1, 0.15) is 50.3 Å². The number of nitrogens with zero attached hydrogens (tertiary/aromatic N) is 3. The first-order valence-electron chi connectivity index (χ1n) is 12.9. The standard InChI is InChI=1S/C30H34F3N3O/c1-4-9-28(37-20-22-10-7-6-8-11-22)26(5-2)25-18-35-36(19-25)27-16-23(13-12-21(27)3)24-14-15-34-29(17-24)30(31,32)33/h4-5,9,12-18,22,25H,2,6-8,10-11,19-20H2,1,3H3/b9-4-,28-26-. The Morgan fingerprint density at radius 2 is 1.89 bits per heavy atom. The molecule has 1 aromatic heterocycles. The molecular formula is C30H34F3N3O. The van der Waals surface area contributed by atoms with E-state index in [0.29, 0.717) is 30.2 Å². The Kier molecular flexibility index (Phi) is 8.52. The minimum atomic E-state index is -4.49. The highest BCUT2D eigenvalue weighted by molar-refractivity contribution is 5.76. The summed E-state index contributed by atoms with van der Waals surface area (Å²) in [6, 6.07) is 8.28. The number of aromatic nitrogens is 1. The minimum Gasteiger partial charge on any atom is -0.493 e. The highest BCUT2D eigenvalue weighted by atomic mass is 19.4. The van der Waals surface area contributed by atoms with Crippen molar-refractivity contribution in [3.63, 3.8) is 0 Å². The Morgan fingerprint density at radius 1 is 1.14 bits per heavy atom. The summed E-state index contributed by atoms with van der Waals surface area (Å²) in [5.41, 5.74) is 3.05. The third-order valence-electron chi connectivity index (χ3n) is 7.05. The molecule has 0 spiro atoms. The summed E-state index contributed by atoms with van der Waals surface area (Å²) >= 11 is 0. The van der Waals surface area contributed by atoms with Crippen LogP contribution >= 0.6 is 0 Å². The molecule has 2 heterocycles. The van der Waals surface area contributed by atoms with Crippen molar-refractivity contribution in [1.29, 1.82) is 0 Å². The van der Waals surface area contributed by atoms with E-state index in [9.17, 15) is 13.2 Å². The molecule has 4 rings (SSSR count). The summed E-state index contributed by atoms with van der Waals surface area (Å²) in [7, 11) is 0. The second kappa shape index (κ2) is 11.8. The van der Waals surface area contributed by atoms with Crippen LogP contribution in [0.3, 0.4) is 0 Å². The highest BCUT2D eigenvalue weighted by Crippen LogP contribution is 2.35. The number of hydrogen-bond donors (Lipinski definition) is 0. The van der Waals surface area contributed by atoms with Crippen LogP contribution in [0.5, 0.6) is 0 Å². The Balaban J connectivity index is 1.55. The fourth-order valence-electron chi connectivity index (χ4n) is 4.99. The van der Waals surface area contributed by atoms with E-state index < -0.39 is 11.9 Å². The first-order chi connectivity index (χ1) is 17.8. The number of rotatable bonds is 8. The van der Waals surface area contributed by atoms with Gasteiger partial charge >= 0.3 is 6.18 Å². The quantitative estimate of drug-likeness (QED) is 0.266. The molecule has 4 nitrogen and oxygen atoms in total. The average Bonchev–Trinajstić information content (AvgIpc) is 3.38. The number of aryl methyl sites for hydroxylation is 1. The van der Waals surface area contributed by atoms with Crippen molar-refractivity contribution in [3.8, 4) is 11.1 Å². The van der Waals surface area contributed by atoms with Crippen LogP contribution < -0.4 is 5.01 Å². The van der Waals surface area contributed by atoms with Crippen LogP contribution in [0, 0.1) is 18.8 Å². The van der Waals surface area contributed by atoms with Gasteiger partial charge in [-0.15, -0.1) is 0 Å². The largest absolute Gasteiger partial charge is 0.493 e. The number of pyridine rings is 1. The topological polar surface area (TPSA) is 37.7 Å². The van der Waals surface area contributed by atoms with E-state index in [0.717, 1.165) is 28.6 Å².